The summed E-state index contributed by atoms with van der Waals surface area (Å²) in [5.41, 5.74) is -1.47. The molecular formula is C34H30F7NO3. The fourth-order valence-electron chi connectivity index (χ4n) is 5.21. The van der Waals surface area contributed by atoms with Crippen LogP contribution in [0.4, 0.5) is 36.4 Å². The van der Waals surface area contributed by atoms with Crippen molar-refractivity contribution in [1.82, 2.24) is 0 Å². The van der Waals surface area contributed by atoms with Gasteiger partial charge in [-0.25, -0.2) is 4.39 Å². The molecule has 5 rings (SSSR count). The number of hydrogen-bond acceptors (Lipinski definition) is 4. The van der Waals surface area contributed by atoms with Gasteiger partial charge < -0.3 is 19.5 Å². The highest BCUT2D eigenvalue weighted by Gasteiger charge is 2.46. The van der Waals surface area contributed by atoms with Crippen molar-refractivity contribution in [2.75, 3.05) is 5.32 Å². The molecule has 4 nitrogen and oxygen atoms in total. The summed E-state index contributed by atoms with van der Waals surface area (Å²) in [5, 5.41) is 3.24. The summed E-state index contributed by atoms with van der Waals surface area (Å²) in [6.45, 7) is 3.31. The molecule has 0 saturated heterocycles. The largest absolute Gasteiger partial charge is 0.485 e. The third kappa shape index (κ3) is 7.96. The van der Waals surface area contributed by atoms with Crippen molar-refractivity contribution < 1.29 is 44.9 Å². The molecule has 4 aromatic rings. The molecule has 238 valence electrons. The van der Waals surface area contributed by atoms with E-state index >= 15 is 0 Å². The van der Waals surface area contributed by atoms with Crippen LogP contribution in [-0.2, 0) is 41.6 Å². The first-order chi connectivity index (χ1) is 21.2. The van der Waals surface area contributed by atoms with Crippen molar-refractivity contribution in [2.45, 2.75) is 63.8 Å². The summed E-state index contributed by atoms with van der Waals surface area (Å²) in [4.78, 5) is 0. The Hall–Kier alpha value is -4.09. The van der Waals surface area contributed by atoms with Crippen molar-refractivity contribution in [1.29, 1.82) is 0 Å². The zero-order valence-corrected chi connectivity index (χ0v) is 24.3. The molecule has 1 N–H and O–H groups in total. The van der Waals surface area contributed by atoms with Crippen LogP contribution in [0.1, 0.15) is 53.3 Å². The average Bonchev–Trinajstić information content (AvgIpc) is 2.97. The van der Waals surface area contributed by atoms with E-state index in [2.05, 4.69) is 5.32 Å². The highest BCUT2D eigenvalue weighted by atomic mass is 19.4. The lowest BCUT2D eigenvalue weighted by molar-refractivity contribution is -0.171. The Bertz CT molecular complexity index is 1590. The van der Waals surface area contributed by atoms with E-state index in [9.17, 15) is 30.7 Å². The van der Waals surface area contributed by atoms with Gasteiger partial charge in [-0.05, 0) is 79.1 Å². The van der Waals surface area contributed by atoms with Crippen LogP contribution in [0.5, 0.6) is 5.75 Å². The van der Waals surface area contributed by atoms with Gasteiger partial charge in [-0.15, -0.1) is 0 Å². The number of anilines is 1. The molecule has 0 bridgehead atoms. The Balaban J connectivity index is 1.46. The molecule has 0 saturated carbocycles. The third-order valence-corrected chi connectivity index (χ3v) is 7.38. The van der Waals surface area contributed by atoms with E-state index in [1.54, 1.807) is 44.2 Å². The van der Waals surface area contributed by atoms with Crippen LogP contribution in [0, 0.1) is 5.82 Å². The van der Waals surface area contributed by atoms with Crippen molar-refractivity contribution in [2.24, 2.45) is 0 Å². The van der Waals surface area contributed by atoms with Crippen molar-refractivity contribution in [3.63, 3.8) is 0 Å². The molecule has 45 heavy (non-hydrogen) atoms. The number of fused-ring (bicyclic) bond motifs is 1. The molecule has 0 radical (unpaired) electrons. The Morgan fingerprint density at radius 2 is 1.36 bits per heavy atom. The fraction of sp³-hybridized carbons (Fsp3) is 0.294. The lowest BCUT2D eigenvalue weighted by atomic mass is 9.87. The molecule has 1 heterocycles. The molecule has 0 aliphatic carbocycles. The zero-order chi connectivity index (χ0) is 32.4. The minimum atomic E-state index is -4.99. The van der Waals surface area contributed by atoms with Gasteiger partial charge in [0, 0.05) is 17.8 Å². The number of hydrogen-bond donors (Lipinski definition) is 1. The summed E-state index contributed by atoms with van der Waals surface area (Å²) in [7, 11) is 0. The van der Waals surface area contributed by atoms with Crippen LogP contribution >= 0.6 is 0 Å². The Morgan fingerprint density at radius 1 is 0.711 bits per heavy atom. The molecule has 0 spiro atoms. The van der Waals surface area contributed by atoms with Gasteiger partial charge in [0.25, 0.3) is 0 Å². The smallest absolute Gasteiger partial charge is 0.416 e. The van der Waals surface area contributed by atoms with E-state index in [0.29, 0.717) is 41.2 Å². The van der Waals surface area contributed by atoms with Crippen LogP contribution in [0.2, 0.25) is 0 Å². The van der Waals surface area contributed by atoms with E-state index in [1.807, 2.05) is 30.3 Å². The van der Waals surface area contributed by atoms with Gasteiger partial charge in [0.2, 0.25) is 0 Å². The summed E-state index contributed by atoms with van der Waals surface area (Å²) in [6.07, 6.45) is -11.7. The molecule has 0 aromatic heterocycles. The van der Waals surface area contributed by atoms with Crippen LogP contribution < -0.4 is 10.1 Å². The van der Waals surface area contributed by atoms with E-state index in [4.69, 9.17) is 14.2 Å². The van der Waals surface area contributed by atoms with Gasteiger partial charge in [-0.1, -0.05) is 42.5 Å². The van der Waals surface area contributed by atoms with Crippen molar-refractivity contribution >= 4 is 5.69 Å². The van der Waals surface area contributed by atoms with Gasteiger partial charge in [-0.2, -0.15) is 26.3 Å². The van der Waals surface area contributed by atoms with Gasteiger partial charge in [0.1, 0.15) is 29.4 Å². The van der Waals surface area contributed by atoms with Gasteiger partial charge in [-0.3, -0.25) is 0 Å². The minimum absolute atomic E-state index is 0.0809. The number of alkyl halides is 6. The Kier molecular flexibility index (Phi) is 9.14. The monoisotopic (exact) mass is 633 g/mol. The highest BCUT2D eigenvalue weighted by molar-refractivity contribution is 5.54. The molecule has 1 aliphatic rings. The van der Waals surface area contributed by atoms with Crippen molar-refractivity contribution in [3.05, 3.63) is 130 Å². The second-order valence-corrected chi connectivity index (χ2v) is 11.3. The van der Waals surface area contributed by atoms with Crippen LogP contribution in [0.3, 0.4) is 0 Å². The quantitative estimate of drug-likeness (QED) is 0.187. The van der Waals surface area contributed by atoms with E-state index in [1.165, 1.54) is 12.1 Å². The van der Waals surface area contributed by atoms with Gasteiger partial charge in [0.05, 0.1) is 24.3 Å². The molecule has 4 aromatic carbocycles. The normalized spacial score (nSPS) is 17.8. The molecule has 11 heteroatoms. The average molecular weight is 634 g/mol. The van der Waals surface area contributed by atoms with Crippen LogP contribution in [-0.4, -0.2) is 11.7 Å². The number of benzene rings is 4. The lowest BCUT2D eigenvalue weighted by Crippen LogP contribution is -2.51. The summed E-state index contributed by atoms with van der Waals surface area (Å²) < 4.78 is 113. The lowest BCUT2D eigenvalue weighted by Gasteiger charge is -2.44. The topological polar surface area (TPSA) is 39.7 Å². The standard InChI is InChI=1S/C34H30F7NO3/c1-32(2)31(44-20-23-13-24(33(36,37)38)16-25(14-23)34(39,40)41)30(43-19-21-7-4-3-5-8-21)28-17-27(11-12-29(28)45-32)42-18-22-9-6-10-26(35)15-22/h3-17,30-31,42H,18-20H2,1-2H3. The first kappa shape index (κ1) is 32.3. The maximum atomic E-state index is 13.7. The summed E-state index contributed by atoms with van der Waals surface area (Å²) in [5.74, 6) is 0.112. The third-order valence-electron chi connectivity index (χ3n) is 7.38. The van der Waals surface area contributed by atoms with E-state index in [0.717, 1.165) is 5.56 Å². The Labute approximate surface area is 255 Å². The van der Waals surface area contributed by atoms with Crippen LogP contribution in [0.15, 0.2) is 91.0 Å². The predicted octanol–water partition coefficient (Wildman–Crippen LogP) is 9.49. The number of nitrogens with one attached hydrogen (secondary N) is 1. The molecule has 2 unspecified atom stereocenters. The molecule has 2 atom stereocenters. The second-order valence-electron chi connectivity index (χ2n) is 11.3. The molecule has 0 fully saturated rings. The number of halogens is 7. The predicted molar refractivity (Wildman–Crippen MR) is 154 cm³/mol. The number of ether oxygens (including phenoxy) is 3. The molecule has 0 amide bonds. The maximum absolute atomic E-state index is 13.7. The molecular weight excluding hydrogens is 603 g/mol. The minimum Gasteiger partial charge on any atom is -0.485 e. The summed E-state index contributed by atoms with van der Waals surface area (Å²) >= 11 is 0. The van der Waals surface area contributed by atoms with Crippen molar-refractivity contribution in [3.8, 4) is 5.75 Å². The van der Waals surface area contributed by atoms with Gasteiger partial charge >= 0.3 is 12.4 Å². The van der Waals surface area contributed by atoms with E-state index < -0.39 is 47.9 Å². The highest BCUT2D eigenvalue weighted by Crippen LogP contribution is 2.45. The zero-order valence-electron chi connectivity index (χ0n) is 24.3. The molecule has 1 aliphatic heterocycles. The van der Waals surface area contributed by atoms with Gasteiger partial charge in [0.15, 0.2) is 0 Å². The second kappa shape index (κ2) is 12.7. The SMILES string of the molecule is CC1(C)Oc2ccc(NCc3cccc(F)c3)cc2C(OCc2ccccc2)C1OCc1cc(C(F)(F)F)cc(C(F)(F)F)c1. The fourth-order valence-corrected chi connectivity index (χ4v) is 5.21. The number of rotatable bonds is 9. The Morgan fingerprint density at radius 3 is 2.00 bits per heavy atom. The van der Waals surface area contributed by atoms with E-state index in [-0.39, 0.29) is 24.1 Å². The van der Waals surface area contributed by atoms with Crippen LogP contribution in [0.25, 0.3) is 0 Å². The first-order valence-electron chi connectivity index (χ1n) is 14.1. The first-order valence-corrected chi connectivity index (χ1v) is 14.1. The maximum Gasteiger partial charge on any atom is 0.416 e. The summed E-state index contributed by atoms with van der Waals surface area (Å²) in [6, 6.07) is 22.1.